The molecule has 0 radical (unpaired) electrons. The molecule has 33 heavy (non-hydrogen) atoms. The van der Waals surface area contributed by atoms with Gasteiger partial charge in [-0.1, -0.05) is 48.5 Å². The van der Waals surface area contributed by atoms with E-state index in [0.717, 1.165) is 29.2 Å². The standard InChI is InChI=1S/C24H17F4N3O2/c25-19-13-11-18(12-14-19)21(32)30-23(24(26,27)28)22(33)31(15-16-7-3-1-4-8-16)20(29-23)17-9-5-2-6-10-17/h1-14H,15H2,(H,30,32)/p+1/t23-/m1/s1. The van der Waals surface area contributed by atoms with Crippen LogP contribution in [0.1, 0.15) is 21.5 Å². The van der Waals surface area contributed by atoms with Crippen molar-refractivity contribution < 1.29 is 32.1 Å². The lowest BCUT2D eigenvalue weighted by Gasteiger charge is -2.25. The first-order chi connectivity index (χ1) is 15.7. The van der Waals surface area contributed by atoms with Gasteiger partial charge in [-0.3, -0.25) is 10.1 Å². The molecular formula is C24H18F4N3O2+. The Morgan fingerprint density at radius 3 is 2.06 bits per heavy atom. The Labute approximate surface area is 186 Å². The largest absolute Gasteiger partial charge is 0.465 e. The van der Waals surface area contributed by atoms with Gasteiger partial charge in [-0.2, -0.15) is 18.1 Å². The van der Waals surface area contributed by atoms with Gasteiger partial charge in [-0.05, 0) is 42.0 Å². The van der Waals surface area contributed by atoms with E-state index >= 15 is 0 Å². The minimum Gasteiger partial charge on any atom is -0.293 e. The van der Waals surface area contributed by atoms with Crippen molar-refractivity contribution in [1.29, 1.82) is 0 Å². The molecule has 2 amide bonds. The van der Waals surface area contributed by atoms with Crippen LogP contribution in [0.4, 0.5) is 17.6 Å². The molecule has 4 rings (SSSR count). The van der Waals surface area contributed by atoms with Gasteiger partial charge in [0.15, 0.2) is 0 Å². The van der Waals surface area contributed by atoms with Crippen molar-refractivity contribution in [3.63, 3.8) is 0 Å². The second kappa shape index (κ2) is 8.50. The van der Waals surface area contributed by atoms with Crippen LogP contribution in [-0.2, 0) is 11.3 Å². The van der Waals surface area contributed by atoms with Crippen molar-refractivity contribution in [2.75, 3.05) is 0 Å². The summed E-state index contributed by atoms with van der Waals surface area (Å²) < 4.78 is 56.4. The van der Waals surface area contributed by atoms with Gasteiger partial charge in [0.1, 0.15) is 12.4 Å². The van der Waals surface area contributed by atoms with Crippen LogP contribution in [0.25, 0.3) is 0 Å². The van der Waals surface area contributed by atoms with Crippen LogP contribution >= 0.6 is 0 Å². The monoisotopic (exact) mass is 456 g/mol. The first-order valence-corrected chi connectivity index (χ1v) is 9.92. The van der Waals surface area contributed by atoms with Gasteiger partial charge < -0.3 is 0 Å². The smallest absolute Gasteiger partial charge is 0.293 e. The van der Waals surface area contributed by atoms with Crippen molar-refractivity contribution in [3.8, 4) is 0 Å². The highest BCUT2D eigenvalue weighted by Crippen LogP contribution is 2.30. The summed E-state index contributed by atoms with van der Waals surface area (Å²) in [5.74, 6) is -3.31. The van der Waals surface area contributed by atoms with Crippen LogP contribution in [0.15, 0.2) is 84.9 Å². The van der Waals surface area contributed by atoms with Gasteiger partial charge >= 0.3 is 17.7 Å². The highest BCUT2D eigenvalue weighted by molar-refractivity contribution is 6.11. The maximum atomic E-state index is 14.4. The summed E-state index contributed by atoms with van der Waals surface area (Å²) in [6, 6.07) is 20.6. The number of hydrogen-bond donors (Lipinski definition) is 2. The zero-order chi connectivity index (χ0) is 23.6. The molecule has 0 bridgehead atoms. The summed E-state index contributed by atoms with van der Waals surface area (Å²) >= 11 is 0. The van der Waals surface area contributed by atoms with Gasteiger partial charge in [-0.15, -0.1) is 0 Å². The zero-order valence-electron chi connectivity index (χ0n) is 17.1. The Morgan fingerprint density at radius 1 is 0.909 bits per heavy atom. The number of nitrogens with one attached hydrogen (secondary N) is 2. The first-order valence-electron chi connectivity index (χ1n) is 9.92. The predicted octanol–water partition coefficient (Wildman–Crippen LogP) is 2.38. The fourth-order valence-electron chi connectivity index (χ4n) is 3.53. The predicted molar refractivity (Wildman–Crippen MR) is 111 cm³/mol. The van der Waals surface area contributed by atoms with E-state index in [1.165, 1.54) is 0 Å². The lowest BCUT2D eigenvalue weighted by Crippen LogP contribution is -2.96. The van der Waals surface area contributed by atoms with Gasteiger partial charge in [0.05, 0.1) is 5.56 Å². The first kappa shape index (κ1) is 22.2. The molecule has 0 aliphatic carbocycles. The van der Waals surface area contributed by atoms with Crippen molar-refractivity contribution in [2.45, 2.75) is 18.4 Å². The second-order valence-corrected chi connectivity index (χ2v) is 7.43. The maximum absolute atomic E-state index is 14.4. The molecule has 1 heterocycles. The van der Waals surface area contributed by atoms with Crippen LogP contribution in [0.3, 0.4) is 0 Å². The number of hydrogen-bond acceptors (Lipinski definition) is 2. The molecule has 0 spiro atoms. The van der Waals surface area contributed by atoms with E-state index in [1.54, 1.807) is 60.7 Å². The van der Waals surface area contributed by atoms with E-state index in [2.05, 4.69) is 4.99 Å². The van der Waals surface area contributed by atoms with Crippen molar-refractivity contribution >= 4 is 17.6 Å². The van der Waals surface area contributed by atoms with E-state index in [0.29, 0.717) is 11.1 Å². The van der Waals surface area contributed by atoms with Gasteiger partial charge in [0.25, 0.3) is 11.7 Å². The number of rotatable bonds is 5. The van der Waals surface area contributed by atoms with Crippen LogP contribution in [-0.4, -0.2) is 34.4 Å². The summed E-state index contributed by atoms with van der Waals surface area (Å²) in [6.07, 6.45) is -5.19. The Hall–Kier alpha value is -4.01. The molecule has 0 saturated heterocycles. The molecule has 1 atom stereocenters. The number of amidine groups is 1. The molecule has 0 aromatic heterocycles. The molecule has 1 aliphatic rings. The Morgan fingerprint density at radius 2 is 1.48 bits per heavy atom. The van der Waals surface area contributed by atoms with E-state index in [9.17, 15) is 27.2 Å². The summed E-state index contributed by atoms with van der Waals surface area (Å²) in [7, 11) is 0. The number of halogens is 4. The van der Waals surface area contributed by atoms with E-state index in [4.69, 9.17) is 0 Å². The fraction of sp³-hybridized carbons (Fsp3) is 0.125. The highest BCUT2D eigenvalue weighted by Gasteiger charge is 2.72. The molecule has 1 aliphatic heterocycles. The quantitative estimate of drug-likeness (QED) is 0.580. The molecule has 9 heteroatoms. The van der Waals surface area contributed by atoms with Crippen LogP contribution in [0, 0.1) is 5.82 Å². The summed E-state index contributed by atoms with van der Waals surface area (Å²) in [4.78, 5) is 29.2. The SMILES string of the molecule is O=C(N[C@]1(C(F)(F)F)[NH+]=C(c2ccccc2)N(Cc2ccccc2)C1=O)c1ccc(F)cc1. The van der Waals surface area contributed by atoms with Gasteiger partial charge in [-0.25, -0.2) is 14.2 Å². The average molecular weight is 456 g/mol. The summed E-state index contributed by atoms with van der Waals surface area (Å²) in [5, 5.41) is 1.82. The molecule has 5 nitrogen and oxygen atoms in total. The number of alkyl halides is 3. The summed E-state index contributed by atoms with van der Waals surface area (Å²) in [6.45, 7) is -0.152. The lowest BCUT2D eigenvalue weighted by atomic mass is 10.1. The Kier molecular flexibility index (Phi) is 5.71. The molecule has 3 aromatic rings. The number of nitrogens with zero attached hydrogens (tertiary/aromatic N) is 1. The number of benzene rings is 3. The van der Waals surface area contributed by atoms with Gasteiger partial charge in [0, 0.05) is 5.56 Å². The topological polar surface area (TPSA) is 63.4 Å². The Bertz CT molecular complexity index is 1200. The number of carbonyl (C=O) groups is 2. The number of carbonyl (C=O) groups excluding carboxylic acids is 2. The highest BCUT2D eigenvalue weighted by atomic mass is 19.4. The third kappa shape index (κ3) is 4.21. The van der Waals surface area contributed by atoms with Crippen molar-refractivity contribution in [3.05, 3.63) is 107 Å². The normalized spacial score (nSPS) is 18.2. The van der Waals surface area contributed by atoms with E-state index < -0.39 is 29.5 Å². The molecule has 0 fully saturated rings. The fourth-order valence-corrected chi connectivity index (χ4v) is 3.53. The molecule has 2 N–H and O–H groups in total. The molecule has 0 saturated carbocycles. The average Bonchev–Trinajstić information content (AvgIpc) is 3.08. The number of amides is 2. The van der Waals surface area contributed by atoms with E-state index in [1.807, 2.05) is 5.32 Å². The minimum atomic E-state index is -5.19. The van der Waals surface area contributed by atoms with Crippen molar-refractivity contribution in [1.82, 2.24) is 10.2 Å². The molecule has 168 valence electrons. The minimum absolute atomic E-state index is 0.0961. The maximum Gasteiger partial charge on any atom is 0.465 e. The van der Waals surface area contributed by atoms with Crippen LogP contribution < -0.4 is 10.3 Å². The van der Waals surface area contributed by atoms with E-state index in [-0.39, 0.29) is 17.9 Å². The third-order valence-electron chi connectivity index (χ3n) is 5.21. The summed E-state index contributed by atoms with van der Waals surface area (Å²) in [5.41, 5.74) is -2.69. The molecule has 3 aromatic carbocycles. The van der Waals surface area contributed by atoms with Gasteiger partial charge in [0.2, 0.25) is 0 Å². The van der Waals surface area contributed by atoms with Crippen molar-refractivity contribution in [2.24, 2.45) is 0 Å². The van der Waals surface area contributed by atoms with Crippen LogP contribution in [0.2, 0.25) is 0 Å². The lowest BCUT2D eigenvalue weighted by molar-refractivity contribution is -0.580. The third-order valence-corrected chi connectivity index (χ3v) is 5.21. The molecule has 0 unspecified atom stereocenters. The zero-order valence-corrected chi connectivity index (χ0v) is 17.1. The van der Waals surface area contributed by atoms with Crippen LogP contribution in [0.5, 0.6) is 0 Å². The molecular weight excluding hydrogens is 438 g/mol. The second-order valence-electron chi connectivity index (χ2n) is 7.43. The Balaban J connectivity index is 1.80.